The van der Waals surface area contributed by atoms with Gasteiger partial charge in [0.1, 0.15) is 0 Å². The first kappa shape index (κ1) is 14.9. The van der Waals surface area contributed by atoms with E-state index in [2.05, 4.69) is 0 Å². The van der Waals surface area contributed by atoms with Crippen LogP contribution < -0.4 is 0 Å². The average Bonchev–Trinajstić information content (AvgIpc) is 2.14. The van der Waals surface area contributed by atoms with E-state index < -0.39 is 23.3 Å². The molecule has 0 aliphatic rings. The summed E-state index contributed by atoms with van der Waals surface area (Å²) in [6.45, 7) is 7.73. The molecule has 94 valence electrons. The van der Waals surface area contributed by atoms with Crippen LogP contribution in [0.4, 0.5) is 0 Å². The highest BCUT2D eigenvalue weighted by atomic mass is 16.4. The lowest BCUT2D eigenvalue weighted by Gasteiger charge is -2.37. The molecule has 0 bridgehead atoms. The second-order valence-corrected chi connectivity index (χ2v) is 4.82. The topological polar surface area (TPSA) is 74.6 Å². The third-order valence-electron chi connectivity index (χ3n) is 3.61. The molecule has 4 nitrogen and oxygen atoms in total. The third-order valence-corrected chi connectivity index (χ3v) is 3.61. The molecule has 4 heteroatoms. The second-order valence-electron chi connectivity index (χ2n) is 4.82. The maximum Gasteiger partial charge on any atom is 0.307 e. The number of carboxylic acids is 2. The van der Waals surface area contributed by atoms with E-state index >= 15 is 0 Å². The number of rotatable bonds is 7. The normalized spacial score (nSPS) is 13.8. The largest absolute Gasteiger partial charge is 0.481 e. The Morgan fingerprint density at radius 3 is 1.81 bits per heavy atom. The fraction of sp³-hybridized carbons (Fsp3) is 0.833. The van der Waals surface area contributed by atoms with Gasteiger partial charge in [-0.2, -0.15) is 0 Å². The predicted molar refractivity (Wildman–Crippen MR) is 61.2 cm³/mol. The van der Waals surface area contributed by atoms with Crippen LogP contribution in [0, 0.1) is 17.3 Å². The predicted octanol–water partition coefficient (Wildman–Crippen LogP) is 2.62. The van der Waals surface area contributed by atoms with Crippen molar-refractivity contribution in [3.8, 4) is 0 Å². The van der Waals surface area contributed by atoms with Crippen LogP contribution >= 0.6 is 0 Å². The first-order valence-corrected chi connectivity index (χ1v) is 5.71. The van der Waals surface area contributed by atoms with Crippen LogP contribution in [-0.4, -0.2) is 22.2 Å². The first-order valence-electron chi connectivity index (χ1n) is 5.71. The fourth-order valence-corrected chi connectivity index (χ4v) is 2.47. The molecular weight excluding hydrogens is 208 g/mol. The molecule has 0 spiro atoms. The molecule has 0 aliphatic heterocycles. The van der Waals surface area contributed by atoms with Crippen molar-refractivity contribution >= 4 is 11.9 Å². The highest BCUT2D eigenvalue weighted by molar-refractivity contribution is 5.78. The maximum atomic E-state index is 11.2. The molecule has 0 fully saturated rings. The molecule has 0 amide bonds. The Morgan fingerprint density at radius 2 is 1.56 bits per heavy atom. The molecule has 0 saturated carbocycles. The number of hydrogen-bond acceptors (Lipinski definition) is 2. The summed E-state index contributed by atoms with van der Waals surface area (Å²) in [4.78, 5) is 21.9. The highest BCUT2D eigenvalue weighted by Crippen LogP contribution is 2.40. The second kappa shape index (κ2) is 5.87. The minimum atomic E-state index is -1.05. The summed E-state index contributed by atoms with van der Waals surface area (Å²) in [7, 11) is 0. The number of hydrogen-bond donors (Lipinski definition) is 2. The van der Waals surface area contributed by atoms with Gasteiger partial charge in [-0.3, -0.25) is 9.59 Å². The van der Waals surface area contributed by atoms with E-state index in [1.165, 1.54) is 0 Å². The van der Waals surface area contributed by atoms with Gasteiger partial charge in [-0.25, -0.2) is 0 Å². The van der Waals surface area contributed by atoms with E-state index in [1.807, 2.05) is 27.7 Å². The van der Waals surface area contributed by atoms with Gasteiger partial charge in [0.15, 0.2) is 0 Å². The summed E-state index contributed by atoms with van der Waals surface area (Å²) in [6, 6.07) is 0. The molecular formula is C12H22O4. The van der Waals surface area contributed by atoms with Gasteiger partial charge in [0, 0.05) is 0 Å². The zero-order valence-electron chi connectivity index (χ0n) is 10.5. The molecule has 0 aromatic carbocycles. The zero-order valence-corrected chi connectivity index (χ0v) is 10.5. The van der Waals surface area contributed by atoms with Crippen molar-refractivity contribution in [2.45, 2.75) is 47.0 Å². The van der Waals surface area contributed by atoms with Crippen molar-refractivity contribution in [1.29, 1.82) is 0 Å². The molecule has 0 rings (SSSR count). The minimum Gasteiger partial charge on any atom is -0.481 e. The Balaban J connectivity index is 5.01. The van der Waals surface area contributed by atoms with E-state index in [4.69, 9.17) is 10.2 Å². The SMILES string of the molecule is CCC(CC)C(C)(C)C(CC(=O)O)C(=O)O. The van der Waals surface area contributed by atoms with Crippen LogP contribution in [0.3, 0.4) is 0 Å². The van der Waals surface area contributed by atoms with Crippen LogP contribution in [0.2, 0.25) is 0 Å². The number of carbonyl (C=O) groups is 2. The molecule has 0 radical (unpaired) electrons. The van der Waals surface area contributed by atoms with Crippen LogP contribution in [0.15, 0.2) is 0 Å². The summed E-state index contributed by atoms with van der Waals surface area (Å²) in [5.41, 5.74) is -0.492. The lowest BCUT2D eigenvalue weighted by atomic mass is 9.66. The van der Waals surface area contributed by atoms with Crippen molar-refractivity contribution in [1.82, 2.24) is 0 Å². The molecule has 0 heterocycles. The lowest BCUT2D eigenvalue weighted by Crippen LogP contribution is -2.38. The van der Waals surface area contributed by atoms with Gasteiger partial charge in [0.2, 0.25) is 0 Å². The Kier molecular flexibility index (Phi) is 5.48. The Hall–Kier alpha value is -1.06. The number of carboxylic acid groups (broad SMARTS) is 2. The molecule has 2 N–H and O–H groups in total. The monoisotopic (exact) mass is 230 g/mol. The first-order chi connectivity index (χ1) is 7.27. The quantitative estimate of drug-likeness (QED) is 0.705. The maximum absolute atomic E-state index is 11.2. The lowest BCUT2D eigenvalue weighted by molar-refractivity contribution is -0.154. The van der Waals surface area contributed by atoms with Crippen LogP contribution in [-0.2, 0) is 9.59 Å². The number of aliphatic carboxylic acids is 2. The zero-order chi connectivity index (χ0) is 12.9. The molecule has 1 atom stereocenters. The van der Waals surface area contributed by atoms with Crippen molar-refractivity contribution in [3.63, 3.8) is 0 Å². The Bertz CT molecular complexity index is 254. The van der Waals surface area contributed by atoms with Crippen molar-refractivity contribution in [2.75, 3.05) is 0 Å². The average molecular weight is 230 g/mol. The molecule has 0 aromatic rings. The summed E-state index contributed by atoms with van der Waals surface area (Å²) < 4.78 is 0. The minimum absolute atomic E-state index is 0.230. The highest BCUT2D eigenvalue weighted by Gasteiger charge is 2.41. The van der Waals surface area contributed by atoms with E-state index in [9.17, 15) is 9.59 Å². The van der Waals surface area contributed by atoms with Crippen molar-refractivity contribution < 1.29 is 19.8 Å². The van der Waals surface area contributed by atoms with Gasteiger partial charge in [-0.15, -0.1) is 0 Å². The van der Waals surface area contributed by atoms with E-state index in [-0.39, 0.29) is 12.3 Å². The molecule has 0 saturated heterocycles. The van der Waals surface area contributed by atoms with E-state index in [0.29, 0.717) is 0 Å². The van der Waals surface area contributed by atoms with Gasteiger partial charge in [-0.1, -0.05) is 40.5 Å². The molecule has 0 aromatic heterocycles. The van der Waals surface area contributed by atoms with Gasteiger partial charge in [-0.05, 0) is 11.3 Å². The molecule has 16 heavy (non-hydrogen) atoms. The van der Waals surface area contributed by atoms with E-state index in [0.717, 1.165) is 12.8 Å². The third kappa shape index (κ3) is 3.51. The summed E-state index contributed by atoms with van der Waals surface area (Å²) in [5.74, 6) is -2.66. The standard InChI is InChI=1S/C12H22O4/c1-5-8(6-2)12(3,4)9(11(15)16)7-10(13)14/h8-9H,5-7H2,1-4H3,(H,13,14)(H,15,16). The van der Waals surface area contributed by atoms with E-state index in [1.54, 1.807) is 0 Å². The fourth-order valence-electron chi connectivity index (χ4n) is 2.47. The van der Waals surface area contributed by atoms with Gasteiger partial charge < -0.3 is 10.2 Å². The van der Waals surface area contributed by atoms with Crippen molar-refractivity contribution in [2.24, 2.45) is 17.3 Å². The van der Waals surface area contributed by atoms with Crippen LogP contribution in [0.5, 0.6) is 0 Å². The molecule has 1 unspecified atom stereocenters. The Morgan fingerprint density at radius 1 is 1.12 bits per heavy atom. The molecule has 0 aliphatic carbocycles. The smallest absolute Gasteiger partial charge is 0.307 e. The van der Waals surface area contributed by atoms with Crippen molar-refractivity contribution in [3.05, 3.63) is 0 Å². The van der Waals surface area contributed by atoms with Crippen LogP contribution in [0.1, 0.15) is 47.0 Å². The summed E-state index contributed by atoms with van der Waals surface area (Å²) in [6.07, 6.45) is 1.43. The van der Waals surface area contributed by atoms with Gasteiger partial charge in [0.25, 0.3) is 0 Å². The Labute approximate surface area is 96.7 Å². The van der Waals surface area contributed by atoms with Gasteiger partial charge in [0.05, 0.1) is 12.3 Å². The summed E-state index contributed by atoms with van der Waals surface area (Å²) in [5, 5.41) is 17.9. The van der Waals surface area contributed by atoms with Crippen LogP contribution in [0.25, 0.3) is 0 Å². The summed E-state index contributed by atoms with van der Waals surface area (Å²) >= 11 is 0. The van der Waals surface area contributed by atoms with Gasteiger partial charge >= 0.3 is 11.9 Å².